The third-order valence-corrected chi connectivity index (χ3v) is 9.55. The summed E-state index contributed by atoms with van der Waals surface area (Å²) < 4.78 is 12.5. The number of unbranched alkanes of at least 4 members (excludes halogenated alkanes) is 2. The predicted octanol–water partition coefficient (Wildman–Crippen LogP) is 4.65. The number of aliphatic hydroxyl groups is 1. The third-order valence-electron chi connectivity index (χ3n) is 9.55. The zero-order valence-electron chi connectivity index (χ0n) is 24.7. The fourth-order valence-corrected chi connectivity index (χ4v) is 7.46. The van der Waals surface area contributed by atoms with Crippen LogP contribution >= 0.6 is 0 Å². The fraction of sp³-hybridized carbons (Fsp3) is 0.500. The molecular weight excluding hydrogens is 532 g/mol. The molecule has 8 heteroatoms. The first-order chi connectivity index (χ1) is 20.2. The molecule has 1 N–H and O–H groups in total. The van der Waals surface area contributed by atoms with Crippen LogP contribution in [0.2, 0.25) is 0 Å². The van der Waals surface area contributed by atoms with Gasteiger partial charge in [0.05, 0.1) is 18.1 Å². The highest BCUT2D eigenvalue weighted by molar-refractivity contribution is 6.05. The smallest absolute Gasteiger partial charge is 0.312 e. The average molecular weight is 575 g/mol. The van der Waals surface area contributed by atoms with Crippen molar-refractivity contribution in [1.29, 1.82) is 0 Å². The molecule has 0 radical (unpaired) electrons. The molecule has 0 aliphatic carbocycles. The van der Waals surface area contributed by atoms with Gasteiger partial charge in [0.1, 0.15) is 17.6 Å². The van der Waals surface area contributed by atoms with E-state index in [-0.39, 0.29) is 37.5 Å². The van der Waals surface area contributed by atoms with Crippen molar-refractivity contribution in [3.05, 3.63) is 67.8 Å². The van der Waals surface area contributed by atoms with E-state index < -0.39 is 35.0 Å². The molecule has 3 saturated heterocycles. The summed E-state index contributed by atoms with van der Waals surface area (Å²) in [4.78, 5) is 46.0. The van der Waals surface area contributed by atoms with Crippen LogP contribution in [0.4, 0.5) is 5.69 Å². The van der Waals surface area contributed by atoms with Crippen molar-refractivity contribution >= 4 is 34.2 Å². The van der Waals surface area contributed by atoms with Gasteiger partial charge in [-0.15, -0.1) is 13.2 Å². The number of amides is 2. The maximum absolute atomic E-state index is 14.8. The Balaban J connectivity index is 1.56. The molecule has 1 spiro atoms. The number of carbonyl (C=O) groups is 3. The molecule has 3 unspecified atom stereocenters. The first-order valence-electron chi connectivity index (χ1n) is 15.0. The maximum Gasteiger partial charge on any atom is 0.312 e. The zero-order chi connectivity index (χ0) is 30.1. The second-order valence-corrected chi connectivity index (χ2v) is 12.0. The van der Waals surface area contributed by atoms with Crippen molar-refractivity contribution in [2.24, 2.45) is 17.8 Å². The second-order valence-electron chi connectivity index (χ2n) is 12.0. The van der Waals surface area contributed by atoms with Gasteiger partial charge in [-0.05, 0) is 67.9 Å². The minimum absolute atomic E-state index is 0.0650. The van der Waals surface area contributed by atoms with E-state index in [0.717, 1.165) is 10.8 Å². The summed E-state index contributed by atoms with van der Waals surface area (Å²) in [5.41, 5.74) is -1.38. The van der Waals surface area contributed by atoms with Crippen molar-refractivity contribution in [3.8, 4) is 0 Å². The van der Waals surface area contributed by atoms with Crippen molar-refractivity contribution in [1.82, 2.24) is 4.90 Å². The highest BCUT2D eigenvalue weighted by Gasteiger charge is 2.80. The molecule has 5 rings (SSSR count). The van der Waals surface area contributed by atoms with Crippen LogP contribution in [0.3, 0.4) is 0 Å². The number of esters is 1. The Morgan fingerprint density at radius 1 is 1.14 bits per heavy atom. The molecule has 2 amide bonds. The van der Waals surface area contributed by atoms with Crippen LogP contribution in [0.25, 0.3) is 10.8 Å². The molecular formula is C34H42N2O6. The number of carbonyl (C=O) groups excluding carboxylic acids is 3. The lowest BCUT2D eigenvalue weighted by Crippen LogP contribution is -2.57. The Hall–Kier alpha value is -3.49. The second kappa shape index (κ2) is 12.0. The number of aliphatic hydroxyl groups excluding tert-OH is 1. The summed E-state index contributed by atoms with van der Waals surface area (Å²) in [6.45, 7) is 12.3. The lowest BCUT2D eigenvalue weighted by molar-refractivity contribution is -0.161. The molecule has 3 aliphatic rings. The normalized spacial score (nSPS) is 29.5. The molecule has 224 valence electrons. The van der Waals surface area contributed by atoms with Crippen molar-refractivity contribution in [3.63, 3.8) is 0 Å². The molecule has 2 bridgehead atoms. The average Bonchev–Trinajstić information content (AvgIpc) is 3.49. The molecule has 3 heterocycles. The molecule has 2 aromatic rings. The number of hydrogen-bond acceptors (Lipinski definition) is 6. The standard InChI is InChI=1S/C34H42N2O6/c1-5-7-20-41-32(40)28-27-30(38)36(18-11-8-12-19-37)29(34(27)22-23(3)33(28,4)42-34)31(39)35(17-6-2)26-16-15-24-13-9-10-14-25(24)21-26/h5-6,9-10,13-16,21,23,27-29,37H,1-2,7-8,11-12,17-20,22H2,3-4H3/t23?,27-,28-,29?,33+,34?/m0/s1. The van der Waals surface area contributed by atoms with E-state index in [9.17, 15) is 19.5 Å². The first kappa shape index (κ1) is 30.0. The summed E-state index contributed by atoms with van der Waals surface area (Å²) in [5.74, 6) is -2.65. The van der Waals surface area contributed by atoms with Gasteiger partial charge in [-0.1, -0.05) is 49.4 Å². The van der Waals surface area contributed by atoms with Gasteiger partial charge in [-0.25, -0.2) is 0 Å². The summed E-state index contributed by atoms with van der Waals surface area (Å²) in [6.07, 6.45) is 6.30. The lowest BCUT2D eigenvalue weighted by Gasteiger charge is -2.37. The molecule has 6 atom stereocenters. The van der Waals surface area contributed by atoms with Crippen LogP contribution in [0.5, 0.6) is 0 Å². The largest absolute Gasteiger partial charge is 0.465 e. The monoisotopic (exact) mass is 574 g/mol. The van der Waals surface area contributed by atoms with Gasteiger partial charge in [0.25, 0.3) is 5.91 Å². The highest BCUT2D eigenvalue weighted by Crippen LogP contribution is 2.65. The summed E-state index contributed by atoms with van der Waals surface area (Å²) in [5, 5.41) is 11.4. The van der Waals surface area contributed by atoms with E-state index in [4.69, 9.17) is 9.47 Å². The first-order valence-corrected chi connectivity index (χ1v) is 15.0. The molecule has 3 fully saturated rings. The Kier molecular flexibility index (Phi) is 8.58. The number of nitrogens with zero attached hydrogens (tertiary/aromatic N) is 2. The number of benzene rings is 2. The third kappa shape index (κ3) is 4.84. The number of anilines is 1. The Labute approximate surface area is 248 Å². The van der Waals surface area contributed by atoms with E-state index >= 15 is 0 Å². The zero-order valence-corrected chi connectivity index (χ0v) is 24.7. The predicted molar refractivity (Wildman–Crippen MR) is 162 cm³/mol. The topological polar surface area (TPSA) is 96.4 Å². The van der Waals surface area contributed by atoms with Gasteiger partial charge in [0.15, 0.2) is 0 Å². The fourth-order valence-electron chi connectivity index (χ4n) is 7.46. The van der Waals surface area contributed by atoms with Gasteiger partial charge in [-0.2, -0.15) is 0 Å². The lowest BCUT2D eigenvalue weighted by atomic mass is 9.62. The quantitative estimate of drug-likeness (QED) is 0.213. The molecule has 2 aromatic carbocycles. The van der Waals surface area contributed by atoms with Crippen LogP contribution in [0.15, 0.2) is 67.8 Å². The van der Waals surface area contributed by atoms with Crippen LogP contribution < -0.4 is 4.90 Å². The Bertz CT molecular complexity index is 1370. The van der Waals surface area contributed by atoms with Gasteiger partial charge >= 0.3 is 5.97 Å². The summed E-state index contributed by atoms with van der Waals surface area (Å²) in [6, 6.07) is 12.9. The molecule has 8 nitrogen and oxygen atoms in total. The molecule has 0 saturated carbocycles. The van der Waals surface area contributed by atoms with E-state index in [2.05, 4.69) is 13.2 Å². The van der Waals surface area contributed by atoms with E-state index in [1.807, 2.05) is 56.3 Å². The van der Waals surface area contributed by atoms with Crippen molar-refractivity contribution in [2.45, 2.75) is 63.2 Å². The Morgan fingerprint density at radius 3 is 2.62 bits per heavy atom. The van der Waals surface area contributed by atoms with Crippen LogP contribution in [-0.2, 0) is 23.9 Å². The van der Waals surface area contributed by atoms with E-state index in [1.54, 1.807) is 22.0 Å². The van der Waals surface area contributed by atoms with E-state index in [1.165, 1.54) is 0 Å². The minimum Gasteiger partial charge on any atom is -0.465 e. The van der Waals surface area contributed by atoms with Crippen molar-refractivity contribution in [2.75, 3.05) is 31.2 Å². The van der Waals surface area contributed by atoms with Crippen LogP contribution in [0.1, 0.15) is 46.0 Å². The van der Waals surface area contributed by atoms with Gasteiger partial charge in [0, 0.05) is 25.4 Å². The van der Waals surface area contributed by atoms with Crippen molar-refractivity contribution < 1.29 is 29.0 Å². The van der Waals surface area contributed by atoms with Gasteiger partial charge in [0.2, 0.25) is 5.91 Å². The number of fused-ring (bicyclic) bond motifs is 2. The molecule has 42 heavy (non-hydrogen) atoms. The van der Waals surface area contributed by atoms with E-state index in [0.29, 0.717) is 44.3 Å². The number of hydrogen-bond donors (Lipinski definition) is 1. The van der Waals surface area contributed by atoms with Crippen LogP contribution in [0, 0.1) is 17.8 Å². The Morgan fingerprint density at radius 2 is 1.90 bits per heavy atom. The summed E-state index contributed by atoms with van der Waals surface area (Å²) >= 11 is 0. The van der Waals surface area contributed by atoms with Crippen LogP contribution in [-0.4, -0.2) is 71.3 Å². The number of likely N-dealkylation sites (tertiary alicyclic amines) is 1. The van der Waals surface area contributed by atoms with Gasteiger partial charge < -0.3 is 24.4 Å². The maximum atomic E-state index is 14.8. The number of rotatable bonds is 13. The highest BCUT2D eigenvalue weighted by atomic mass is 16.6. The van der Waals surface area contributed by atoms with Gasteiger partial charge in [-0.3, -0.25) is 14.4 Å². The SMILES string of the molecule is C=CCCOC(=O)[C@@H]1[C@H]2C(=O)N(CCCCCO)C(C(=O)N(CC=C)c3ccc4ccccc4c3)C23CC(C)[C@@]1(C)O3. The molecule has 0 aromatic heterocycles. The minimum atomic E-state index is -1.16. The molecule has 3 aliphatic heterocycles. The summed E-state index contributed by atoms with van der Waals surface area (Å²) in [7, 11) is 0. The number of ether oxygens (including phenoxy) is 2.